The second-order valence-electron chi connectivity index (χ2n) is 3.07. The first-order chi connectivity index (χ1) is 7.78. The van der Waals surface area contributed by atoms with Gasteiger partial charge in [-0.15, -0.1) is 11.3 Å². The fourth-order valence-corrected chi connectivity index (χ4v) is 1.71. The highest BCUT2D eigenvalue weighted by Gasteiger charge is 1.96. The van der Waals surface area contributed by atoms with Crippen LogP contribution in [-0.4, -0.2) is 14.5 Å². The van der Waals surface area contributed by atoms with E-state index < -0.39 is 0 Å². The lowest BCUT2D eigenvalue weighted by molar-refractivity contribution is 0.830. The highest BCUT2D eigenvalue weighted by molar-refractivity contribution is 7.13. The molecular weight excluding hydrogens is 222 g/mol. The maximum absolute atomic E-state index is 8.50. The van der Waals surface area contributed by atoms with Gasteiger partial charge in [0.25, 0.3) is 0 Å². The van der Waals surface area contributed by atoms with E-state index in [1.165, 1.54) is 11.3 Å². The smallest absolute Gasteiger partial charge is 0.180 e. The van der Waals surface area contributed by atoms with Crippen LogP contribution in [0.4, 0.5) is 5.13 Å². The number of hydrogen-bond donors (Lipinski definition) is 1. The van der Waals surface area contributed by atoms with Crippen molar-refractivity contribution in [2.75, 3.05) is 5.73 Å². The molecule has 0 aliphatic rings. The summed E-state index contributed by atoms with van der Waals surface area (Å²) < 4.78 is 1.72. The first-order valence-electron chi connectivity index (χ1n) is 4.56. The van der Waals surface area contributed by atoms with Crippen LogP contribution in [-0.2, 0) is 6.54 Å². The minimum absolute atomic E-state index is 0.310. The molecule has 2 aromatic rings. The van der Waals surface area contributed by atoms with Gasteiger partial charge in [0, 0.05) is 11.6 Å². The number of nitriles is 1. The molecule has 5 nitrogen and oxygen atoms in total. The van der Waals surface area contributed by atoms with Crippen molar-refractivity contribution in [3.8, 4) is 6.07 Å². The van der Waals surface area contributed by atoms with Crippen LogP contribution in [0.25, 0.3) is 12.2 Å². The van der Waals surface area contributed by atoms with Crippen molar-refractivity contribution in [2.24, 2.45) is 0 Å². The largest absolute Gasteiger partial charge is 0.375 e. The number of hydrogen-bond acceptors (Lipinski definition) is 5. The number of aromatic nitrogens is 3. The molecule has 2 rings (SSSR count). The van der Waals surface area contributed by atoms with E-state index in [-0.39, 0.29) is 0 Å². The summed E-state index contributed by atoms with van der Waals surface area (Å²) >= 11 is 1.40. The zero-order valence-electron chi connectivity index (χ0n) is 8.37. The molecule has 0 amide bonds. The number of nitrogens with two attached hydrogens (primary N) is 1. The summed E-state index contributed by atoms with van der Waals surface area (Å²) in [5.74, 6) is 0. The Morgan fingerprint density at radius 2 is 2.31 bits per heavy atom. The van der Waals surface area contributed by atoms with Gasteiger partial charge in [0.2, 0.25) is 0 Å². The fourth-order valence-electron chi connectivity index (χ4n) is 1.18. The van der Waals surface area contributed by atoms with Crippen LogP contribution in [0.15, 0.2) is 17.9 Å². The lowest BCUT2D eigenvalue weighted by atomic mass is 10.3. The first kappa shape index (κ1) is 10.4. The Balaban J connectivity index is 2.09. The van der Waals surface area contributed by atoms with E-state index in [2.05, 4.69) is 9.97 Å². The normalized spacial score (nSPS) is 10.7. The highest BCUT2D eigenvalue weighted by Crippen LogP contribution is 2.13. The standard InChI is InChI=1S/C10H9N5S/c11-3-4-15-5-8(13-7-15)1-2-9-6-16-10(12)14-9/h1-2,5-7H,4H2,(H2,12,14)/b2-1+. The Morgan fingerprint density at radius 3 is 3.00 bits per heavy atom. The van der Waals surface area contributed by atoms with E-state index >= 15 is 0 Å². The molecule has 0 atom stereocenters. The summed E-state index contributed by atoms with van der Waals surface area (Å²) in [5, 5.41) is 10.9. The Bertz CT molecular complexity index is 546. The summed E-state index contributed by atoms with van der Waals surface area (Å²) in [4.78, 5) is 8.22. The number of nitrogen functional groups attached to an aromatic ring is 1. The molecule has 16 heavy (non-hydrogen) atoms. The molecule has 0 spiro atoms. The van der Waals surface area contributed by atoms with E-state index in [4.69, 9.17) is 11.0 Å². The van der Waals surface area contributed by atoms with Gasteiger partial charge in [-0.1, -0.05) is 0 Å². The average molecular weight is 231 g/mol. The van der Waals surface area contributed by atoms with Gasteiger partial charge in [-0.25, -0.2) is 9.97 Å². The van der Waals surface area contributed by atoms with Crippen LogP contribution in [0.5, 0.6) is 0 Å². The van der Waals surface area contributed by atoms with Crippen LogP contribution in [0.1, 0.15) is 11.4 Å². The average Bonchev–Trinajstić information content (AvgIpc) is 2.85. The maximum atomic E-state index is 8.50. The van der Waals surface area contributed by atoms with E-state index in [0.717, 1.165) is 11.4 Å². The Kier molecular flexibility index (Phi) is 2.98. The monoisotopic (exact) mass is 231 g/mol. The van der Waals surface area contributed by atoms with Crippen molar-refractivity contribution < 1.29 is 0 Å². The summed E-state index contributed by atoms with van der Waals surface area (Å²) in [6, 6.07) is 2.05. The van der Waals surface area contributed by atoms with Gasteiger partial charge in [0.05, 0.1) is 23.8 Å². The maximum Gasteiger partial charge on any atom is 0.180 e. The third-order valence-electron chi connectivity index (χ3n) is 1.87. The summed E-state index contributed by atoms with van der Waals surface area (Å²) in [6.07, 6.45) is 7.10. The van der Waals surface area contributed by atoms with Gasteiger partial charge >= 0.3 is 0 Å². The molecule has 2 heterocycles. The van der Waals surface area contributed by atoms with Crippen molar-refractivity contribution >= 4 is 28.6 Å². The van der Waals surface area contributed by atoms with Gasteiger partial charge in [-0.05, 0) is 12.2 Å². The predicted molar refractivity (Wildman–Crippen MR) is 63.3 cm³/mol. The predicted octanol–water partition coefficient (Wildman–Crippen LogP) is 1.62. The number of anilines is 1. The van der Waals surface area contributed by atoms with Gasteiger partial charge in [-0.2, -0.15) is 5.26 Å². The molecule has 0 saturated heterocycles. The molecule has 0 aromatic carbocycles. The number of nitrogens with zero attached hydrogens (tertiary/aromatic N) is 4. The summed E-state index contributed by atoms with van der Waals surface area (Å²) in [7, 11) is 0. The molecule has 6 heteroatoms. The van der Waals surface area contributed by atoms with Crippen LogP contribution < -0.4 is 5.73 Å². The van der Waals surface area contributed by atoms with Gasteiger partial charge in [0.15, 0.2) is 5.13 Å². The zero-order valence-corrected chi connectivity index (χ0v) is 9.18. The van der Waals surface area contributed by atoms with E-state index in [1.54, 1.807) is 17.1 Å². The Labute approximate surface area is 96.5 Å². The van der Waals surface area contributed by atoms with Gasteiger partial charge in [-0.3, -0.25) is 0 Å². The Hall–Kier alpha value is -2.13. The molecule has 2 aromatic heterocycles. The van der Waals surface area contributed by atoms with Crippen molar-refractivity contribution in [2.45, 2.75) is 6.54 Å². The molecule has 0 unspecified atom stereocenters. The van der Waals surface area contributed by atoms with Crippen molar-refractivity contribution in [1.82, 2.24) is 14.5 Å². The molecule has 0 saturated carbocycles. The minimum atomic E-state index is 0.310. The molecule has 0 aliphatic carbocycles. The minimum Gasteiger partial charge on any atom is -0.375 e. The van der Waals surface area contributed by atoms with Crippen LogP contribution in [0, 0.1) is 11.3 Å². The molecule has 0 radical (unpaired) electrons. The molecule has 0 bridgehead atoms. The van der Waals surface area contributed by atoms with Crippen molar-refractivity contribution in [3.63, 3.8) is 0 Å². The number of imidazole rings is 1. The highest BCUT2D eigenvalue weighted by atomic mass is 32.1. The molecule has 0 aliphatic heterocycles. The lowest BCUT2D eigenvalue weighted by Crippen LogP contribution is -1.88. The third kappa shape index (κ3) is 2.46. The van der Waals surface area contributed by atoms with Gasteiger partial charge < -0.3 is 10.3 Å². The SMILES string of the molecule is N#CCn1cnc(/C=C/c2csc(N)n2)c1. The topological polar surface area (TPSA) is 80.5 Å². The van der Waals surface area contributed by atoms with Crippen LogP contribution >= 0.6 is 11.3 Å². The Morgan fingerprint density at radius 1 is 1.50 bits per heavy atom. The van der Waals surface area contributed by atoms with Crippen LogP contribution in [0.3, 0.4) is 0 Å². The van der Waals surface area contributed by atoms with Gasteiger partial charge in [0.1, 0.15) is 6.54 Å². The first-order valence-corrected chi connectivity index (χ1v) is 5.43. The molecule has 80 valence electrons. The van der Waals surface area contributed by atoms with Crippen LogP contribution in [0.2, 0.25) is 0 Å². The zero-order chi connectivity index (χ0) is 11.4. The van der Waals surface area contributed by atoms with E-state index in [1.807, 2.05) is 23.6 Å². The summed E-state index contributed by atoms with van der Waals surface area (Å²) in [5.41, 5.74) is 7.12. The molecule has 0 fully saturated rings. The second kappa shape index (κ2) is 4.59. The second-order valence-corrected chi connectivity index (χ2v) is 3.96. The number of rotatable bonds is 3. The third-order valence-corrected chi connectivity index (χ3v) is 2.56. The van der Waals surface area contributed by atoms with E-state index in [9.17, 15) is 0 Å². The lowest BCUT2D eigenvalue weighted by Gasteiger charge is -1.87. The fraction of sp³-hybridized carbons (Fsp3) is 0.100. The number of thiazole rings is 1. The van der Waals surface area contributed by atoms with Crippen molar-refractivity contribution in [3.05, 3.63) is 29.3 Å². The molecule has 2 N–H and O–H groups in total. The quantitative estimate of drug-likeness (QED) is 0.870. The molecular formula is C10H9N5S. The van der Waals surface area contributed by atoms with E-state index in [0.29, 0.717) is 11.7 Å². The van der Waals surface area contributed by atoms with Crippen molar-refractivity contribution in [1.29, 1.82) is 5.26 Å². The summed E-state index contributed by atoms with van der Waals surface area (Å²) in [6.45, 7) is 0.310.